The van der Waals surface area contributed by atoms with Crippen LogP contribution in [0.5, 0.6) is 11.6 Å². The van der Waals surface area contributed by atoms with Crippen molar-refractivity contribution in [2.45, 2.75) is 6.18 Å². The van der Waals surface area contributed by atoms with Crippen LogP contribution in [-0.2, 0) is 6.18 Å². The molecule has 2 aromatic rings. The van der Waals surface area contributed by atoms with Crippen molar-refractivity contribution in [1.29, 1.82) is 0 Å². The Morgan fingerprint density at radius 1 is 1.00 bits per heavy atom. The minimum atomic E-state index is -4.52. The highest BCUT2D eigenvalue weighted by molar-refractivity contribution is 6.42. The van der Waals surface area contributed by atoms with E-state index in [1.165, 1.54) is 30.3 Å². The molecular weight excluding hydrogens is 302 g/mol. The van der Waals surface area contributed by atoms with Crippen molar-refractivity contribution in [2.24, 2.45) is 0 Å². The largest absolute Gasteiger partial charge is 0.439 e. The molecule has 0 saturated carbocycles. The highest BCUT2D eigenvalue weighted by Crippen LogP contribution is 2.31. The molecule has 0 spiro atoms. The maximum Gasteiger partial charge on any atom is 0.433 e. The average Bonchev–Trinajstić information content (AvgIpc) is 2.33. The predicted molar refractivity (Wildman–Crippen MR) is 65.8 cm³/mol. The maximum atomic E-state index is 12.5. The van der Waals surface area contributed by atoms with Crippen LogP contribution >= 0.6 is 23.2 Å². The Hall–Kier alpha value is -1.46. The zero-order valence-corrected chi connectivity index (χ0v) is 10.7. The fourth-order valence-corrected chi connectivity index (χ4v) is 1.58. The lowest BCUT2D eigenvalue weighted by Crippen LogP contribution is -2.07. The van der Waals surface area contributed by atoms with E-state index in [-0.39, 0.29) is 16.7 Å². The number of pyridine rings is 1. The van der Waals surface area contributed by atoms with E-state index in [0.29, 0.717) is 5.02 Å². The van der Waals surface area contributed by atoms with E-state index in [1.807, 2.05) is 0 Å². The molecular formula is C12H6Cl2F3NO. The molecule has 0 aliphatic rings. The third-order valence-electron chi connectivity index (χ3n) is 2.13. The van der Waals surface area contributed by atoms with Gasteiger partial charge in [-0.15, -0.1) is 0 Å². The van der Waals surface area contributed by atoms with Gasteiger partial charge in [0.15, 0.2) is 0 Å². The van der Waals surface area contributed by atoms with Gasteiger partial charge in [0.05, 0.1) is 10.0 Å². The molecule has 0 fully saturated rings. The summed E-state index contributed by atoms with van der Waals surface area (Å²) in [6.45, 7) is 0. The van der Waals surface area contributed by atoms with E-state index in [1.54, 1.807) is 0 Å². The van der Waals surface area contributed by atoms with Crippen LogP contribution in [0.2, 0.25) is 10.0 Å². The lowest BCUT2D eigenvalue weighted by atomic mass is 10.3. The topological polar surface area (TPSA) is 22.1 Å². The normalized spacial score (nSPS) is 11.4. The molecule has 0 aliphatic carbocycles. The Kier molecular flexibility index (Phi) is 3.87. The van der Waals surface area contributed by atoms with Gasteiger partial charge >= 0.3 is 6.18 Å². The second-order valence-corrected chi connectivity index (χ2v) is 4.35. The second-order valence-electron chi connectivity index (χ2n) is 3.54. The summed E-state index contributed by atoms with van der Waals surface area (Å²) in [7, 11) is 0. The number of hydrogen-bond donors (Lipinski definition) is 0. The highest BCUT2D eigenvalue weighted by atomic mass is 35.5. The number of nitrogens with zero attached hydrogens (tertiary/aromatic N) is 1. The number of benzene rings is 1. The van der Waals surface area contributed by atoms with Crippen molar-refractivity contribution < 1.29 is 17.9 Å². The van der Waals surface area contributed by atoms with Gasteiger partial charge in [0, 0.05) is 12.1 Å². The zero-order valence-electron chi connectivity index (χ0n) is 9.21. The molecule has 1 aromatic heterocycles. The molecule has 0 amide bonds. The van der Waals surface area contributed by atoms with Gasteiger partial charge in [0.2, 0.25) is 5.88 Å². The van der Waals surface area contributed by atoms with Crippen molar-refractivity contribution in [1.82, 2.24) is 4.98 Å². The molecule has 0 unspecified atom stereocenters. The first-order valence-corrected chi connectivity index (χ1v) is 5.79. The van der Waals surface area contributed by atoms with Crippen LogP contribution in [0.3, 0.4) is 0 Å². The number of aromatic nitrogens is 1. The summed E-state index contributed by atoms with van der Waals surface area (Å²) >= 11 is 11.5. The lowest BCUT2D eigenvalue weighted by molar-refractivity contribution is -0.141. The monoisotopic (exact) mass is 307 g/mol. The standard InChI is InChI=1S/C12H6Cl2F3NO/c13-8-5-4-7(6-9(8)14)19-11-3-1-2-10(18-11)12(15,16)17/h1-6H. The number of alkyl halides is 3. The van der Waals surface area contributed by atoms with Crippen molar-refractivity contribution >= 4 is 23.2 Å². The first-order valence-electron chi connectivity index (χ1n) is 5.03. The van der Waals surface area contributed by atoms with Crippen molar-refractivity contribution in [2.75, 3.05) is 0 Å². The van der Waals surface area contributed by atoms with Crippen LogP contribution in [-0.4, -0.2) is 4.98 Å². The third kappa shape index (κ3) is 3.52. The Labute approximate surface area is 116 Å². The number of rotatable bonds is 2. The van der Waals surface area contributed by atoms with Gasteiger partial charge in [-0.25, -0.2) is 4.98 Å². The molecule has 1 heterocycles. The van der Waals surface area contributed by atoms with Gasteiger partial charge in [-0.3, -0.25) is 0 Å². The first-order chi connectivity index (χ1) is 8.86. The van der Waals surface area contributed by atoms with E-state index >= 15 is 0 Å². The van der Waals surface area contributed by atoms with Crippen LogP contribution in [0.4, 0.5) is 13.2 Å². The maximum absolute atomic E-state index is 12.5. The third-order valence-corrected chi connectivity index (χ3v) is 2.87. The van der Waals surface area contributed by atoms with Crippen LogP contribution in [0.15, 0.2) is 36.4 Å². The van der Waals surface area contributed by atoms with E-state index in [0.717, 1.165) is 6.07 Å². The van der Waals surface area contributed by atoms with Gasteiger partial charge < -0.3 is 4.74 Å². The van der Waals surface area contributed by atoms with E-state index in [4.69, 9.17) is 27.9 Å². The minimum Gasteiger partial charge on any atom is -0.439 e. The second kappa shape index (κ2) is 5.27. The molecule has 0 radical (unpaired) electrons. The van der Waals surface area contributed by atoms with Crippen molar-refractivity contribution in [3.63, 3.8) is 0 Å². The van der Waals surface area contributed by atoms with Gasteiger partial charge in [0.1, 0.15) is 11.4 Å². The summed E-state index contributed by atoms with van der Waals surface area (Å²) < 4.78 is 42.6. The Morgan fingerprint density at radius 2 is 1.74 bits per heavy atom. The number of ether oxygens (including phenoxy) is 1. The number of hydrogen-bond acceptors (Lipinski definition) is 2. The van der Waals surface area contributed by atoms with Gasteiger partial charge in [-0.2, -0.15) is 13.2 Å². The summed E-state index contributed by atoms with van der Waals surface area (Å²) in [5, 5.41) is 0.567. The minimum absolute atomic E-state index is 0.173. The quantitative estimate of drug-likeness (QED) is 0.760. The Morgan fingerprint density at radius 3 is 2.37 bits per heavy atom. The summed E-state index contributed by atoms with van der Waals surface area (Å²) in [4.78, 5) is 3.37. The summed E-state index contributed by atoms with van der Waals surface area (Å²) in [6.07, 6.45) is -4.52. The summed E-state index contributed by atoms with van der Waals surface area (Å²) in [5.41, 5.74) is -1.02. The predicted octanol–water partition coefficient (Wildman–Crippen LogP) is 5.20. The van der Waals surface area contributed by atoms with Crippen LogP contribution in [0.1, 0.15) is 5.69 Å². The molecule has 2 rings (SSSR count). The molecule has 0 atom stereocenters. The molecule has 7 heteroatoms. The molecule has 100 valence electrons. The highest BCUT2D eigenvalue weighted by Gasteiger charge is 2.32. The molecule has 1 aromatic carbocycles. The fourth-order valence-electron chi connectivity index (χ4n) is 1.29. The van der Waals surface area contributed by atoms with E-state index in [2.05, 4.69) is 4.98 Å². The van der Waals surface area contributed by atoms with E-state index in [9.17, 15) is 13.2 Å². The first kappa shape index (κ1) is 14.0. The van der Waals surface area contributed by atoms with Gasteiger partial charge in [0.25, 0.3) is 0 Å². The van der Waals surface area contributed by atoms with Gasteiger partial charge in [-0.05, 0) is 18.2 Å². The molecule has 0 aliphatic heterocycles. The molecule has 19 heavy (non-hydrogen) atoms. The smallest absolute Gasteiger partial charge is 0.433 e. The number of halogens is 5. The van der Waals surface area contributed by atoms with Crippen molar-refractivity contribution in [3.05, 3.63) is 52.1 Å². The zero-order chi connectivity index (χ0) is 14.0. The Bertz CT molecular complexity index is 602. The molecule has 0 saturated heterocycles. The van der Waals surface area contributed by atoms with Crippen LogP contribution < -0.4 is 4.74 Å². The van der Waals surface area contributed by atoms with Crippen molar-refractivity contribution in [3.8, 4) is 11.6 Å². The lowest BCUT2D eigenvalue weighted by Gasteiger charge is -2.09. The molecule has 0 bridgehead atoms. The average molecular weight is 308 g/mol. The Balaban J connectivity index is 2.26. The van der Waals surface area contributed by atoms with E-state index < -0.39 is 11.9 Å². The summed E-state index contributed by atoms with van der Waals surface area (Å²) in [6, 6.07) is 7.75. The molecule has 2 nitrogen and oxygen atoms in total. The van der Waals surface area contributed by atoms with Crippen LogP contribution in [0, 0.1) is 0 Å². The van der Waals surface area contributed by atoms with Crippen LogP contribution in [0.25, 0.3) is 0 Å². The summed E-state index contributed by atoms with van der Waals surface area (Å²) in [5.74, 6) is 0.0782. The SMILES string of the molecule is FC(F)(F)c1cccc(Oc2ccc(Cl)c(Cl)c2)n1. The van der Waals surface area contributed by atoms with Gasteiger partial charge in [-0.1, -0.05) is 29.3 Å². The molecule has 0 N–H and O–H groups in total. The fraction of sp³-hybridized carbons (Fsp3) is 0.0833.